The number of hydrogen-bond acceptors (Lipinski definition) is 5. The van der Waals surface area contributed by atoms with Gasteiger partial charge in [0.05, 0.1) is 16.1 Å². The molecule has 0 saturated carbocycles. The minimum Gasteiger partial charge on any atom is -0.508 e. The molecule has 0 radical (unpaired) electrons. The van der Waals surface area contributed by atoms with Gasteiger partial charge in [-0.3, -0.25) is 19.0 Å². The van der Waals surface area contributed by atoms with Crippen LogP contribution in [0, 0.1) is 0 Å². The number of phenols is 1. The summed E-state index contributed by atoms with van der Waals surface area (Å²) in [5.74, 6) is -0.0357. The van der Waals surface area contributed by atoms with Crippen molar-refractivity contribution >= 4 is 39.3 Å². The Morgan fingerprint density at radius 1 is 1.05 bits per heavy atom. The third-order valence-corrected chi connectivity index (χ3v) is 7.80. The summed E-state index contributed by atoms with van der Waals surface area (Å²) < 4.78 is 3.09. The monoisotopic (exact) mass is 546 g/mol. The molecule has 0 spiro atoms. The van der Waals surface area contributed by atoms with Crippen molar-refractivity contribution in [2.75, 3.05) is 33.7 Å². The van der Waals surface area contributed by atoms with Crippen LogP contribution in [0.15, 0.2) is 70.8 Å². The number of piperidine rings is 1. The summed E-state index contributed by atoms with van der Waals surface area (Å²) in [5, 5.41) is 12.6. The Morgan fingerprint density at radius 3 is 2.46 bits per heavy atom. The van der Waals surface area contributed by atoms with Crippen molar-refractivity contribution in [1.29, 1.82) is 0 Å². The fraction of sp³-hybridized carbons (Fsp3) is 0.300. The van der Waals surface area contributed by atoms with E-state index < -0.39 is 11.1 Å². The molecule has 1 aromatic heterocycles. The number of carbonyl (C=O) groups is 1. The van der Waals surface area contributed by atoms with Gasteiger partial charge in [-0.15, -0.1) is 0 Å². The smallest absolute Gasteiger partial charge is 0.317 e. The van der Waals surface area contributed by atoms with Crippen LogP contribution in [-0.2, 0) is 11.3 Å². The molecule has 1 aliphatic rings. The second-order valence-corrected chi connectivity index (χ2v) is 10.6. The standard InChI is InChI=1S/C30H31ClN4O4/c1-4-28(37)33-11-9-20(10-12-33)35-27-18-25(31)24(23-16-21(36)15-19-7-5-6-8-22(19)23)17-26(27)34(14-13-32(2)3)29(38)30(35)39/h4-8,15-18,20,36H,1,9-14H2,2-3H3. The van der Waals surface area contributed by atoms with Crippen LogP contribution < -0.4 is 11.1 Å². The lowest BCUT2D eigenvalue weighted by atomic mass is 9.97. The van der Waals surface area contributed by atoms with Gasteiger partial charge in [-0.05, 0) is 73.6 Å². The van der Waals surface area contributed by atoms with Crippen LogP contribution in [0.1, 0.15) is 18.9 Å². The van der Waals surface area contributed by atoms with Crippen molar-refractivity contribution in [3.05, 3.63) is 86.9 Å². The number of aromatic nitrogens is 2. The lowest BCUT2D eigenvalue weighted by Gasteiger charge is -2.33. The van der Waals surface area contributed by atoms with E-state index in [4.69, 9.17) is 11.6 Å². The molecule has 1 N–H and O–H groups in total. The summed E-state index contributed by atoms with van der Waals surface area (Å²) in [6.45, 7) is 5.38. The number of likely N-dealkylation sites (N-methyl/N-ethyl adjacent to an activating group) is 1. The summed E-state index contributed by atoms with van der Waals surface area (Å²) in [4.78, 5) is 42.8. The molecule has 0 aliphatic carbocycles. The minimum atomic E-state index is -0.596. The maximum atomic E-state index is 13.5. The third kappa shape index (κ3) is 4.97. The number of hydrogen-bond donors (Lipinski definition) is 1. The van der Waals surface area contributed by atoms with Crippen molar-refractivity contribution < 1.29 is 9.90 Å². The lowest BCUT2D eigenvalue weighted by molar-refractivity contribution is -0.127. The molecular formula is C30H31ClN4O4. The molecule has 1 aliphatic heterocycles. The van der Waals surface area contributed by atoms with Crippen LogP contribution in [0.3, 0.4) is 0 Å². The van der Waals surface area contributed by atoms with Crippen molar-refractivity contribution in [2.45, 2.75) is 25.4 Å². The number of fused-ring (bicyclic) bond motifs is 2. The molecular weight excluding hydrogens is 516 g/mol. The molecule has 4 aromatic rings. The van der Waals surface area contributed by atoms with Crippen LogP contribution in [0.25, 0.3) is 32.9 Å². The van der Waals surface area contributed by atoms with Gasteiger partial charge in [0, 0.05) is 37.8 Å². The molecule has 3 aromatic carbocycles. The van der Waals surface area contributed by atoms with Crippen molar-refractivity contribution in [1.82, 2.24) is 18.9 Å². The second-order valence-electron chi connectivity index (χ2n) is 10.2. The predicted octanol–water partition coefficient (Wildman–Crippen LogP) is 4.25. The van der Waals surface area contributed by atoms with E-state index in [1.54, 1.807) is 27.7 Å². The molecule has 1 saturated heterocycles. The van der Waals surface area contributed by atoms with Gasteiger partial charge in [0.1, 0.15) is 5.75 Å². The topological polar surface area (TPSA) is 87.8 Å². The van der Waals surface area contributed by atoms with Gasteiger partial charge in [0.15, 0.2) is 0 Å². The highest BCUT2D eigenvalue weighted by Gasteiger charge is 2.27. The zero-order chi connectivity index (χ0) is 27.8. The fourth-order valence-electron chi connectivity index (χ4n) is 5.48. The average molecular weight is 547 g/mol. The average Bonchev–Trinajstić information content (AvgIpc) is 2.92. The van der Waals surface area contributed by atoms with Crippen molar-refractivity contribution in [3.8, 4) is 16.9 Å². The number of phenolic OH excluding ortho intramolecular Hbond substituents is 1. The van der Waals surface area contributed by atoms with Crippen molar-refractivity contribution in [2.24, 2.45) is 0 Å². The normalized spacial score (nSPS) is 14.4. The molecule has 202 valence electrons. The highest BCUT2D eigenvalue weighted by molar-refractivity contribution is 6.34. The first-order valence-electron chi connectivity index (χ1n) is 13.0. The van der Waals surface area contributed by atoms with E-state index in [1.165, 1.54) is 10.6 Å². The van der Waals surface area contributed by atoms with E-state index >= 15 is 0 Å². The summed E-state index contributed by atoms with van der Waals surface area (Å²) in [6, 6.07) is 14.4. The number of amides is 1. The molecule has 1 amide bonds. The van der Waals surface area contributed by atoms with E-state index in [-0.39, 0.29) is 17.7 Å². The SMILES string of the molecule is C=CC(=O)N1CCC(n2c(=O)c(=O)n(CCN(C)C)c3cc(-c4cc(O)cc5ccccc45)c(Cl)cc32)CC1. The number of likely N-dealkylation sites (tertiary alicyclic amines) is 1. The Bertz CT molecular complexity index is 1710. The summed E-state index contributed by atoms with van der Waals surface area (Å²) >= 11 is 6.90. The van der Waals surface area contributed by atoms with Crippen LogP contribution in [0.5, 0.6) is 5.75 Å². The number of rotatable bonds is 6. The number of halogens is 1. The number of aromatic hydroxyl groups is 1. The summed E-state index contributed by atoms with van der Waals surface area (Å²) in [7, 11) is 3.82. The van der Waals surface area contributed by atoms with Gasteiger partial charge in [-0.1, -0.05) is 42.4 Å². The number of nitrogens with zero attached hydrogens (tertiary/aromatic N) is 4. The van der Waals surface area contributed by atoms with E-state index in [0.717, 1.165) is 16.3 Å². The van der Waals surface area contributed by atoms with Gasteiger partial charge < -0.3 is 19.5 Å². The predicted molar refractivity (Wildman–Crippen MR) is 156 cm³/mol. The van der Waals surface area contributed by atoms with Crippen LogP contribution in [-0.4, -0.2) is 63.7 Å². The number of benzene rings is 3. The first kappa shape index (κ1) is 26.7. The lowest BCUT2D eigenvalue weighted by Crippen LogP contribution is -2.46. The van der Waals surface area contributed by atoms with Crippen LogP contribution in [0.4, 0.5) is 0 Å². The molecule has 0 bridgehead atoms. The van der Waals surface area contributed by atoms with Crippen LogP contribution >= 0.6 is 11.6 Å². The van der Waals surface area contributed by atoms with Crippen LogP contribution in [0.2, 0.25) is 5.02 Å². The molecule has 8 nitrogen and oxygen atoms in total. The largest absolute Gasteiger partial charge is 0.508 e. The Balaban J connectivity index is 1.74. The minimum absolute atomic E-state index is 0.107. The molecule has 0 unspecified atom stereocenters. The number of carbonyl (C=O) groups excluding carboxylic acids is 1. The molecule has 9 heteroatoms. The highest BCUT2D eigenvalue weighted by Crippen LogP contribution is 2.39. The quantitative estimate of drug-likeness (QED) is 0.288. The highest BCUT2D eigenvalue weighted by atomic mass is 35.5. The Kier molecular flexibility index (Phi) is 7.34. The van der Waals surface area contributed by atoms with Gasteiger partial charge in [-0.2, -0.15) is 0 Å². The van der Waals surface area contributed by atoms with Gasteiger partial charge in [-0.25, -0.2) is 0 Å². The Morgan fingerprint density at radius 2 is 1.77 bits per heavy atom. The summed E-state index contributed by atoms with van der Waals surface area (Å²) in [5.41, 5.74) is 1.37. The van der Waals surface area contributed by atoms with E-state index in [1.807, 2.05) is 49.3 Å². The van der Waals surface area contributed by atoms with E-state index in [9.17, 15) is 19.5 Å². The molecule has 0 atom stereocenters. The third-order valence-electron chi connectivity index (χ3n) is 7.48. The van der Waals surface area contributed by atoms with Gasteiger partial charge >= 0.3 is 11.1 Å². The zero-order valence-electron chi connectivity index (χ0n) is 22.1. The van der Waals surface area contributed by atoms with E-state index in [0.29, 0.717) is 60.6 Å². The van der Waals surface area contributed by atoms with Crippen molar-refractivity contribution in [3.63, 3.8) is 0 Å². The summed E-state index contributed by atoms with van der Waals surface area (Å²) in [6.07, 6.45) is 2.36. The second kappa shape index (κ2) is 10.7. The molecule has 1 fully saturated rings. The maximum absolute atomic E-state index is 13.5. The first-order chi connectivity index (χ1) is 18.7. The Hall–Kier alpha value is -3.88. The van der Waals surface area contributed by atoms with E-state index in [2.05, 4.69) is 6.58 Å². The Labute approximate surface area is 230 Å². The first-order valence-corrected chi connectivity index (χ1v) is 13.3. The molecule has 39 heavy (non-hydrogen) atoms. The molecule has 2 heterocycles. The maximum Gasteiger partial charge on any atom is 0.317 e. The molecule has 5 rings (SSSR count). The fourth-order valence-corrected chi connectivity index (χ4v) is 5.74. The van der Waals surface area contributed by atoms with Gasteiger partial charge in [0.25, 0.3) is 0 Å². The zero-order valence-corrected chi connectivity index (χ0v) is 22.8. The van der Waals surface area contributed by atoms with Gasteiger partial charge in [0.2, 0.25) is 5.91 Å².